The topological polar surface area (TPSA) is 137 Å². The highest BCUT2D eigenvalue weighted by Crippen LogP contribution is 2.48. The maximum absolute atomic E-state index is 13.7. The maximum Gasteiger partial charge on any atom is 0.240 e. The lowest BCUT2D eigenvalue weighted by molar-refractivity contribution is -0.129. The Hall–Kier alpha value is -3.71. The first-order chi connectivity index (χ1) is 19.8. The van der Waals surface area contributed by atoms with Gasteiger partial charge < -0.3 is 26.2 Å². The Labute approximate surface area is 241 Å². The highest BCUT2D eigenvalue weighted by atomic mass is 31.2. The van der Waals surface area contributed by atoms with Crippen LogP contribution in [-0.4, -0.2) is 46.7 Å². The minimum Gasteiger partial charge on any atom is -0.368 e. The van der Waals surface area contributed by atoms with Crippen LogP contribution in [0.3, 0.4) is 0 Å². The summed E-state index contributed by atoms with van der Waals surface area (Å²) in [7, 11) is -2.18. The average molecular weight is 575 g/mol. The van der Waals surface area contributed by atoms with E-state index in [1.165, 1.54) is 0 Å². The molecule has 2 amide bonds. The summed E-state index contributed by atoms with van der Waals surface area (Å²) in [5.74, 6) is -2.58. The van der Waals surface area contributed by atoms with E-state index in [-0.39, 0.29) is 12.6 Å². The van der Waals surface area contributed by atoms with Crippen LogP contribution < -0.4 is 16.4 Å². The SMILES string of the molecule is CNC(Cc1ccccc1)P(=O)(O)CC(CCCc1ccccc1)C(=O)NC(Cc1c[nH]c2ccccc12)C(N)=O. The third kappa shape index (κ3) is 8.40. The second kappa shape index (κ2) is 14.3. The van der Waals surface area contributed by atoms with Crippen molar-refractivity contribution >= 4 is 30.1 Å². The average Bonchev–Trinajstić information content (AvgIpc) is 3.38. The zero-order valence-electron chi connectivity index (χ0n) is 23.3. The lowest BCUT2D eigenvalue weighted by Gasteiger charge is -2.27. The lowest BCUT2D eigenvalue weighted by Crippen LogP contribution is -2.48. The Morgan fingerprint density at radius 2 is 1.56 bits per heavy atom. The largest absolute Gasteiger partial charge is 0.368 e. The van der Waals surface area contributed by atoms with E-state index in [1.54, 1.807) is 7.05 Å². The van der Waals surface area contributed by atoms with Crippen LogP contribution in [0.15, 0.2) is 91.1 Å². The molecule has 4 aromatic rings. The number of primary amides is 1. The molecule has 0 aliphatic heterocycles. The van der Waals surface area contributed by atoms with Crippen molar-refractivity contribution in [3.63, 3.8) is 0 Å². The van der Waals surface area contributed by atoms with Crippen molar-refractivity contribution in [1.82, 2.24) is 15.6 Å². The van der Waals surface area contributed by atoms with Gasteiger partial charge in [-0.2, -0.15) is 0 Å². The third-order valence-corrected chi connectivity index (χ3v) is 9.94. The first-order valence-electron chi connectivity index (χ1n) is 14.0. The molecule has 8 nitrogen and oxygen atoms in total. The molecule has 6 N–H and O–H groups in total. The van der Waals surface area contributed by atoms with E-state index in [2.05, 4.69) is 15.6 Å². The monoisotopic (exact) mass is 574 g/mol. The number of nitrogens with two attached hydrogens (primary N) is 1. The molecule has 1 aromatic heterocycles. The van der Waals surface area contributed by atoms with Gasteiger partial charge in [0.15, 0.2) is 0 Å². The van der Waals surface area contributed by atoms with Gasteiger partial charge in [0.2, 0.25) is 19.2 Å². The summed E-state index contributed by atoms with van der Waals surface area (Å²) in [6.07, 6.45) is 3.95. The van der Waals surface area contributed by atoms with Gasteiger partial charge in [0.25, 0.3) is 0 Å². The standard InChI is InChI=1S/C32H39N4O4P/c1-34-30(19-24-13-6-3-7-14-24)41(39,40)22-25(16-10-15-23-11-4-2-5-12-23)32(38)36-29(31(33)37)20-26-21-35-28-18-9-8-17-27(26)28/h2-9,11-14,17-18,21,25,29-30,34-35H,10,15-16,19-20,22H2,1H3,(H2,33,37)(H,36,38)(H,39,40). The van der Waals surface area contributed by atoms with Gasteiger partial charge >= 0.3 is 0 Å². The lowest BCUT2D eigenvalue weighted by atomic mass is 9.98. The Morgan fingerprint density at radius 1 is 0.927 bits per heavy atom. The number of aromatic nitrogens is 1. The van der Waals surface area contributed by atoms with Gasteiger partial charge in [-0.15, -0.1) is 0 Å². The van der Waals surface area contributed by atoms with E-state index in [1.807, 2.05) is 91.1 Å². The summed E-state index contributed by atoms with van der Waals surface area (Å²) in [5, 5.41) is 6.77. The molecule has 0 bridgehead atoms. The van der Waals surface area contributed by atoms with Crippen LogP contribution in [0.25, 0.3) is 10.9 Å². The Kier molecular flexibility index (Phi) is 10.5. The molecule has 9 heteroatoms. The van der Waals surface area contributed by atoms with Crippen LogP contribution in [0.5, 0.6) is 0 Å². The second-order valence-electron chi connectivity index (χ2n) is 10.5. The van der Waals surface area contributed by atoms with Crippen LogP contribution in [0.4, 0.5) is 0 Å². The maximum atomic E-state index is 13.7. The number of fused-ring (bicyclic) bond motifs is 1. The van der Waals surface area contributed by atoms with E-state index in [9.17, 15) is 19.0 Å². The summed E-state index contributed by atoms with van der Waals surface area (Å²) in [6, 6.07) is 26.2. The Bertz CT molecular complexity index is 1470. The molecule has 0 spiro atoms. The smallest absolute Gasteiger partial charge is 0.240 e. The molecule has 0 radical (unpaired) electrons. The predicted molar refractivity (Wildman–Crippen MR) is 164 cm³/mol. The molecule has 4 unspecified atom stereocenters. The number of hydrogen-bond acceptors (Lipinski definition) is 4. The van der Waals surface area contributed by atoms with Crippen LogP contribution in [0, 0.1) is 5.92 Å². The summed E-state index contributed by atoms with van der Waals surface area (Å²) < 4.78 is 13.7. The number of benzene rings is 3. The zero-order valence-corrected chi connectivity index (χ0v) is 24.2. The summed E-state index contributed by atoms with van der Waals surface area (Å²) in [5.41, 5.74) is 9.57. The number of amides is 2. The number of para-hydroxylation sites is 1. The molecule has 0 saturated carbocycles. The van der Waals surface area contributed by atoms with Gasteiger partial charge in [-0.3, -0.25) is 14.2 Å². The molecule has 216 valence electrons. The highest BCUT2D eigenvalue weighted by molar-refractivity contribution is 7.58. The van der Waals surface area contributed by atoms with Crippen LogP contribution >= 0.6 is 7.37 Å². The molecule has 0 aliphatic rings. The van der Waals surface area contributed by atoms with Crippen molar-refractivity contribution in [3.8, 4) is 0 Å². The van der Waals surface area contributed by atoms with Crippen molar-refractivity contribution in [1.29, 1.82) is 0 Å². The highest BCUT2D eigenvalue weighted by Gasteiger charge is 2.36. The number of carbonyl (C=O) groups is 2. The van der Waals surface area contributed by atoms with Crippen molar-refractivity contribution in [2.75, 3.05) is 13.2 Å². The fraction of sp³-hybridized carbons (Fsp3) is 0.312. The Balaban J connectivity index is 1.51. The van der Waals surface area contributed by atoms with E-state index in [0.29, 0.717) is 19.3 Å². The minimum atomic E-state index is -3.84. The van der Waals surface area contributed by atoms with Gasteiger partial charge in [-0.05, 0) is 55.5 Å². The van der Waals surface area contributed by atoms with Crippen molar-refractivity contribution in [2.45, 2.75) is 43.9 Å². The Morgan fingerprint density at radius 3 is 2.22 bits per heavy atom. The van der Waals surface area contributed by atoms with Crippen LogP contribution in [-0.2, 0) is 33.4 Å². The number of aryl methyl sites for hydroxylation is 1. The van der Waals surface area contributed by atoms with E-state index >= 15 is 0 Å². The van der Waals surface area contributed by atoms with Crippen molar-refractivity contribution < 1.29 is 19.0 Å². The normalized spacial score (nSPS) is 15.1. The summed E-state index contributed by atoms with van der Waals surface area (Å²) in [6.45, 7) is 0. The van der Waals surface area contributed by atoms with Gasteiger partial charge in [0, 0.05) is 35.6 Å². The van der Waals surface area contributed by atoms with Gasteiger partial charge in [0.05, 0.1) is 5.78 Å². The number of likely N-dealkylation sites (N-methyl/N-ethyl adjacent to an activating group) is 1. The van der Waals surface area contributed by atoms with Crippen molar-refractivity contribution in [3.05, 3.63) is 108 Å². The summed E-state index contributed by atoms with van der Waals surface area (Å²) >= 11 is 0. The first kappa shape index (κ1) is 30.3. The zero-order chi connectivity index (χ0) is 29.2. The third-order valence-electron chi connectivity index (χ3n) is 7.56. The van der Waals surface area contributed by atoms with Crippen LogP contribution in [0.2, 0.25) is 0 Å². The quantitative estimate of drug-likeness (QED) is 0.134. The molecule has 4 rings (SSSR count). The van der Waals surface area contributed by atoms with E-state index in [0.717, 1.165) is 34.0 Å². The number of nitrogens with one attached hydrogen (secondary N) is 3. The minimum absolute atomic E-state index is 0.204. The molecule has 0 aliphatic carbocycles. The number of rotatable bonds is 15. The fourth-order valence-corrected chi connectivity index (χ4v) is 7.40. The molecular formula is C32H39N4O4P. The second-order valence-corrected chi connectivity index (χ2v) is 13.0. The number of H-pyrrole nitrogens is 1. The molecule has 41 heavy (non-hydrogen) atoms. The fourth-order valence-electron chi connectivity index (χ4n) is 5.26. The number of aromatic amines is 1. The molecular weight excluding hydrogens is 535 g/mol. The molecule has 4 atom stereocenters. The molecule has 0 fully saturated rings. The molecule has 3 aromatic carbocycles. The van der Waals surface area contributed by atoms with E-state index < -0.39 is 36.9 Å². The predicted octanol–water partition coefficient (Wildman–Crippen LogP) is 4.38. The van der Waals surface area contributed by atoms with Gasteiger partial charge in [-0.1, -0.05) is 78.9 Å². The first-order valence-corrected chi connectivity index (χ1v) is 15.9. The van der Waals surface area contributed by atoms with E-state index in [4.69, 9.17) is 5.73 Å². The number of hydrogen-bond donors (Lipinski definition) is 5. The molecule has 0 saturated heterocycles. The van der Waals surface area contributed by atoms with Gasteiger partial charge in [-0.25, -0.2) is 0 Å². The van der Waals surface area contributed by atoms with Crippen molar-refractivity contribution in [2.24, 2.45) is 11.7 Å². The summed E-state index contributed by atoms with van der Waals surface area (Å²) in [4.78, 5) is 40.5. The van der Waals surface area contributed by atoms with Crippen LogP contribution in [0.1, 0.15) is 29.5 Å². The molecule has 1 heterocycles. The van der Waals surface area contributed by atoms with Gasteiger partial charge in [0.1, 0.15) is 6.04 Å². The number of carbonyl (C=O) groups excluding carboxylic acids is 2.